The van der Waals surface area contributed by atoms with Gasteiger partial charge in [0.2, 0.25) is 0 Å². The molecule has 0 N–H and O–H groups in total. The molecule has 0 atom stereocenters. The molecule has 0 aliphatic carbocycles. The van der Waals surface area contributed by atoms with Gasteiger partial charge in [0.25, 0.3) is 0 Å². The van der Waals surface area contributed by atoms with E-state index in [-0.39, 0.29) is 16.5 Å². The first-order valence-electron chi connectivity index (χ1n) is 6.09. The number of rotatable bonds is 0. The van der Waals surface area contributed by atoms with E-state index in [1.54, 1.807) is 36.4 Å². The molecule has 0 spiro atoms. The topological polar surface area (TPSA) is 143 Å². The Bertz CT molecular complexity index is 399. The van der Waals surface area contributed by atoms with Crippen LogP contribution in [0.5, 0.6) is 0 Å². The summed E-state index contributed by atoms with van der Waals surface area (Å²) >= 11 is 0. The van der Waals surface area contributed by atoms with Gasteiger partial charge in [0.1, 0.15) is 0 Å². The van der Waals surface area contributed by atoms with E-state index in [1.807, 2.05) is 0 Å². The summed E-state index contributed by atoms with van der Waals surface area (Å²) in [5.74, 6) is 0. The zero-order valence-corrected chi connectivity index (χ0v) is 17.2. The van der Waals surface area contributed by atoms with E-state index in [1.165, 1.54) is 41.5 Å². The van der Waals surface area contributed by atoms with Gasteiger partial charge in [-0.2, -0.15) is 31.6 Å². The van der Waals surface area contributed by atoms with E-state index in [2.05, 4.69) is 0 Å². The Hall–Kier alpha value is -3.00. The molecule has 0 unspecified atom stereocenters. The molecule has 0 amide bonds. The molecular formula is C12H18B2F8N6Ni. The normalized spacial score (nSPS) is 5.79. The van der Waals surface area contributed by atoms with E-state index in [0.29, 0.717) is 0 Å². The molecule has 0 rings (SSSR count). The number of hydrogen-bond acceptors (Lipinski definition) is 6. The smallest absolute Gasteiger partial charge is 0.418 e. The third-order valence-electron chi connectivity index (χ3n) is 0. The molecule has 0 aromatic heterocycles. The fourth-order valence-electron chi connectivity index (χ4n) is 0. The molecule has 29 heavy (non-hydrogen) atoms. The van der Waals surface area contributed by atoms with Crippen LogP contribution >= 0.6 is 0 Å². The van der Waals surface area contributed by atoms with Crippen LogP contribution in [0.1, 0.15) is 41.5 Å². The Morgan fingerprint density at radius 3 is 0.379 bits per heavy atom. The summed E-state index contributed by atoms with van der Waals surface area (Å²) in [4.78, 5) is 0. The average molecular weight is 479 g/mol. The summed E-state index contributed by atoms with van der Waals surface area (Å²) in [6, 6.07) is 10.5. The predicted molar refractivity (Wildman–Crippen MR) is 88.1 cm³/mol. The number of halogens is 8. The molecule has 0 saturated carbocycles. The van der Waals surface area contributed by atoms with E-state index in [9.17, 15) is 34.5 Å². The van der Waals surface area contributed by atoms with Gasteiger partial charge in [-0.3, -0.25) is 0 Å². The van der Waals surface area contributed by atoms with Crippen molar-refractivity contribution in [2.75, 3.05) is 0 Å². The average Bonchev–Trinajstić information content (AvgIpc) is 2.39. The standard InChI is InChI=1S/6C2H3N.2BF4.Ni/c6*1-2-3;2*2-1(3,4)5;/h6*1H3;;;/q;;;;;;2*-1;+2. The van der Waals surface area contributed by atoms with Gasteiger partial charge in [0.05, 0.1) is 36.4 Å². The molecule has 0 heterocycles. The zero-order valence-electron chi connectivity index (χ0n) is 16.2. The Labute approximate surface area is 175 Å². The second-order valence-corrected chi connectivity index (χ2v) is 2.33. The third-order valence-corrected chi connectivity index (χ3v) is 0. The molecule has 0 aliphatic rings. The summed E-state index contributed by atoms with van der Waals surface area (Å²) in [6.45, 7) is 8.58. The van der Waals surface area contributed by atoms with Crippen LogP contribution in [-0.2, 0) is 16.5 Å². The van der Waals surface area contributed by atoms with Crippen molar-refractivity contribution in [2.24, 2.45) is 0 Å². The first kappa shape index (κ1) is 56.2. The van der Waals surface area contributed by atoms with E-state index >= 15 is 0 Å². The van der Waals surface area contributed by atoms with Crippen LogP contribution in [0, 0.1) is 68.0 Å². The molecule has 0 saturated heterocycles. The largest absolute Gasteiger partial charge is 2.00 e. The molecule has 168 valence electrons. The van der Waals surface area contributed by atoms with Crippen molar-refractivity contribution in [3.05, 3.63) is 0 Å². The quantitative estimate of drug-likeness (QED) is 0.319. The van der Waals surface area contributed by atoms with Gasteiger partial charge < -0.3 is 34.5 Å². The van der Waals surface area contributed by atoms with Crippen LogP contribution in [0.3, 0.4) is 0 Å². The zero-order chi connectivity index (χ0) is 25.2. The SMILES string of the molecule is CC#N.CC#N.CC#N.CC#N.CC#N.CC#N.F[B-](F)(F)F.F[B-](F)(F)F.[Ni+2]. The maximum absolute atomic E-state index is 9.75. The number of hydrogen-bond donors (Lipinski definition) is 0. The maximum Gasteiger partial charge on any atom is 2.00 e. The summed E-state index contributed by atoms with van der Waals surface area (Å²) < 4.78 is 78.0. The second-order valence-electron chi connectivity index (χ2n) is 2.33. The Morgan fingerprint density at radius 1 is 0.379 bits per heavy atom. The van der Waals surface area contributed by atoms with Crippen LogP contribution in [0.25, 0.3) is 0 Å². The van der Waals surface area contributed by atoms with Crippen molar-refractivity contribution in [1.29, 1.82) is 31.6 Å². The maximum atomic E-state index is 9.75. The fourth-order valence-corrected chi connectivity index (χ4v) is 0. The molecule has 6 nitrogen and oxygen atoms in total. The minimum absolute atomic E-state index is 0. The van der Waals surface area contributed by atoms with Crippen LogP contribution in [-0.4, -0.2) is 14.5 Å². The van der Waals surface area contributed by atoms with Crippen molar-refractivity contribution < 1.29 is 51.0 Å². The Morgan fingerprint density at radius 2 is 0.379 bits per heavy atom. The molecule has 0 aromatic carbocycles. The summed E-state index contributed by atoms with van der Waals surface area (Å²) in [5, 5.41) is 43.9. The first-order chi connectivity index (χ1) is 12.5. The Balaban J connectivity index is -0.0000000227. The van der Waals surface area contributed by atoms with Gasteiger partial charge in [-0.25, -0.2) is 0 Å². The molecule has 0 radical (unpaired) electrons. The van der Waals surface area contributed by atoms with Gasteiger partial charge >= 0.3 is 31.0 Å². The van der Waals surface area contributed by atoms with Crippen molar-refractivity contribution in [1.82, 2.24) is 0 Å². The van der Waals surface area contributed by atoms with Gasteiger partial charge in [-0.1, -0.05) is 0 Å². The monoisotopic (exact) mass is 478 g/mol. The molecular weight excluding hydrogens is 460 g/mol. The van der Waals surface area contributed by atoms with Gasteiger partial charge in [-0.05, 0) is 0 Å². The Kier molecular flexibility index (Phi) is 124. The van der Waals surface area contributed by atoms with Gasteiger partial charge in [0, 0.05) is 41.5 Å². The third kappa shape index (κ3) is 1470. The van der Waals surface area contributed by atoms with E-state index < -0.39 is 14.5 Å². The van der Waals surface area contributed by atoms with Crippen LogP contribution < -0.4 is 0 Å². The summed E-state index contributed by atoms with van der Waals surface area (Å²) in [7, 11) is -12.0. The summed E-state index contributed by atoms with van der Waals surface area (Å²) in [6.07, 6.45) is 0. The van der Waals surface area contributed by atoms with Crippen LogP contribution in [0.4, 0.5) is 34.5 Å². The number of nitriles is 6. The van der Waals surface area contributed by atoms with Gasteiger partial charge in [-0.15, -0.1) is 0 Å². The molecule has 0 fully saturated rings. The van der Waals surface area contributed by atoms with Gasteiger partial charge in [0.15, 0.2) is 0 Å². The fraction of sp³-hybridized carbons (Fsp3) is 0.500. The van der Waals surface area contributed by atoms with Crippen molar-refractivity contribution in [3.63, 3.8) is 0 Å². The predicted octanol–water partition coefficient (Wildman–Crippen LogP) is 5.78. The number of nitrogens with zero attached hydrogens (tertiary/aromatic N) is 6. The molecule has 17 heteroatoms. The first-order valence-corrected chi connectivity index (χ1v) is 6.09. The van der Waals surface area contributed by atoms with Crippen molar-refractivity contribution in [3.8, 4) is 36.4 Å². The van der Waals surface area contributed by atoms with E-state index in [0.717, 1.165) is 0 Å². The van der Waals surface area contributed by atoms with Crippen molar-refractivity contribution >= 4 is 14.5 Å². The van der Waals surface area contributed by atoms with Crippen molar-refractivity contribution in [2.45, 2.75) is 41.5 Å². The molecule has 0 aliphatic heterocycles. The minimum atomic E-state index is -6.00. The molecule has 0 aromatic rings. The second kappa shape index (κ2) is 64.0. The van der Waals surface area contributed by atoms with E-state index in [4.69, 9.17) is 31.6 Å². The van der Waals surface area contributed by atoms with Crippen LogP contribution in [0.2, 0.25) is 0 Å². The summed E-state index contributed by atoms with van der Waals surface area (Å²) in [5.41, 5.74) is 0. The molecule has 0 bridgehead atoms. The minimum Gasteiger partial charge on any atom is -0.418 e. The van der Waals surface area contributed by atoms with Crippen LogP contribution in [0.15, 0.2) is 0 Å².